The van der Waals surface area contributed by atoms with Gasteiger partial charge in [0.2, 0.25) is 0 Å². The van der Waals surface area contributed by atoms with E-state index in [-0.39, 0.29) is 12.4 Å². The van der Waals surface area contributed by atoms with E-state index in [4.69, 9.17) is 4.74 Å². The molecule has 25 heavy (non-hydrogen) atoms. The molecule has 0 amide bonds. The molecule has 0 bridgehead atoms. The number of aryl methyl sites for hydroxylation is 1. The van der Waals surface area contributed by atoms with Crippen LogP contribution < -0.4 is 5.32 Å². The van der Waals surface area contributed by atoms with Crippen LogP contribution in [0.5, 0.6) is 0 Å². The molecule has 0 atom stereocenters. The number of hydrogen-bond donors (Lipinski definition) is 1. The zero-order valence-electron chi connectivity index (χ0n) is 15.4. The topological polar surface area (TPSA) is 41.8 Å². The van der Waals surface area contributed by atoms with Crippen molar-refractivity contribution in [3.05, 3.63) is 59.2 Å². The summed E-state index contributed by atoms with van der Waals surface area (Å²) in [5, 5.41) is 3.30. The molecule has 0 aliphatic carbocycles. The smallest absolute Gasteiger partial charge is 0.194 e. The number of ether oxygens (including phenoxy) is 1. The van der Waals surface area contributed by atoms with Crippen LogP contribution in [0.25, 0.3) is 0 Å². The van der Waals surface area contributed by atoms with Crippen LogP contribution in [0.2, 0.25) is 0 Å². The maximum Gasteiger partial charge on any atom is 0.194 e. The van der Waals surface area contributed by atoms with Crippen molar-refractivity contribution in [3.63, 3.8) is 0 Å². The molecule has 136 valence electrons. The molecule has 5 nitrogen and oxygen atoms in total. The molecule has 0 spiro atoms. The van der Waals surface area contributed by atoms with Crippen LogP contribution >= 0.6 is 0 Å². The van der Waals surface area contributed by atoms with Gasteiger partial charge >= 0.3 is 0 Å². The van der Waals surface area contributed by atoms with Crippen LogP contribution in [0.1, 0.15) is 23.7 Å². The molecule has 0 radical (unpaired) electrons. The van der Waals surface area contributed by atoms with E-state index in [1.54, 1.807) is 13.2 Å². The number of methoxy groups -OCH3 is 1. The summed E-state index contributed by atoms with van der Waals surface area (Å²) in [6, 6.07) is 9.17. The largest absolute Gasteiger partial charge is 0.380 e. The monoisotopic (exact) mass is 346 g/mol. The third-order valence-corrected chi connectivity index (χ3v) is 3.97. The SMILES string of the molecule is CCNC(=NCc1ccc(F)c(COC)c1)N(C)Cc1cccn1C. The summed E-state index contributed by atoms with van der Waals surface area (Å²) in [6.07, 6.45) is 2.03. The maximum atomic E-state index is 13.7. The lowest BCUT2D eigenvalue weighted by atomic mass is 10.1. The standard InChI is InChI=1S/C19H27FN4O/c1-5-21-19(24(3)13-17-7-6-10-23(17)2)22-12-15-8-9-18(20)16(11-15)14-25-4/h6-11H,5,12-14H2,1-4H3,(H,21,22). The van der Waals surface area contributed by atoms with E-state index in [2.05, 4.69) is 25.8 Å². The number of halogens is 1. The predicted octanol–water partition coefficient (Wildman–Crippen LogP) is 2.91. The second-order valence-corrected chi connectivity index (χ2v) is 6.00. The highest BCUT2D eigenvalue weighted by atomic mass is 19.1. The van der Waals surface area contributed by atoms with Gasteiger partial charge in [-0.05, 0) is 36.8 Å². The van der Waals surface area contributed by atoms with E-state index in [9.17, 15) is 4.39 Å². The fourth-order valence-electron chi connectivity index (χ4n) is 2.61. The van der Waals surface area contributed by atoms with Gasteiger partial charge in [-0.1, -0.05) is 6.07 Å². The Bertz CT molecular complexity index is 711. The summed E-state index contributed by atoms with van der Waals surface area (Å²) in [5.41, 5.74) is 2.71. The number of benzene rings is 1. The lowest BCUT2D eigenvalue weighted by Crippen LogP contribution is -2.38. The van der Waals surface area contributed by atoms with Gasteiger partial charge in [0.25, 0.3) is 0 Å². The molecule has 0 aliphatic heterocycles. The number of aromatic nitrogens is 1. The number of nitrogens with zero attached hydrogens (tertiary/aromatic N) is 3. The minimum Gasteiger partial charge on any atom is -0.380 e. The highest BCUT2D eigenvalue weighted by molar-refractivity contribution is 5.79. The number of nitrogens with one attached hydrogen (secondary N) is 1. The summed E-state index contributed by atoms with van der Waals surface area (Å²) in [5.74, 6) is 0.573. The lowest BCUT2D eigenvalue weighted by molar-refractivity contribution is 0.181. The Labute approximate surface area is 149 Å². The third kappa shape index (κ3) is 5.32. The Morgan fingerprint density at radius 1 is 1.36 bits per heavy atom. The quantitative estimate of drug-likeness (QED) is 0.619. The number of guanidine groups is 1. The summed E-state index contributed by atoms with van der Waals surface area (Å²) in [4.78, 5) is 6.77. The summed E-state index contributed by atoms with van der Waals surface area (Å²) in [6.45, 7) is 4.33. The summed E-state index contributed by atoms with van der Waals surface area (Å²) >= 11 is 0. The van der Waals surface area contributed by atoms with Crippen molar-refractivity contribution in [1.29, 1.82) is 0 Å². The van der Waals surface area contributed by atoms with Gasteiger partial charge in [-0.15, -0.1) is 0 Å². The first-order valence-electron chi connectivity index (χ1n) is 8.41. The molecule has 2 aromatic rings. The average molecular weight is 346 g/mol. The highest BCUT2D eigenvalue weighted by Gasteiger charge is 2.09. The van der Waals surface area contributed by atoms with E-state index in [1.165, 1.54) is 11.8 Å². The van der Waals surface area contributed by atoms with Gasteiger partial charge < -0.3 is 19.5 Å². The van der Waals surface area contributed by atoms with E-state index < -0.39 is 0 Å². The molecule has 0 fully saturated rings. The van der Waals surface area contributed by atoms with Gasteiger partial charge in [0.15, 0.2) is 5.96 Å². The van der Waals surface area contributed by atoms with E-state index >= 15 is 0 Å². The molecule has 0 saturated carbocycles. The lowest BCUT2D eigenvalue weighted by Gasteiger charge is -2.22. The van der Waals surface area contributed by atoms with Crippen LogP contribution in [0, 0.1) is 5.82 Å². The normalized spacial score (nSPS) is 11.6. The van der Waals surface area contributed by atoms with Crippen LogP contribution in [-0.4, -0.2) is 36.1 Å². The fraction of sp³-hybridized carbons (Fsp3) is 0.421. The Morgan fingerprint density at radius 2 is 2.16 bits per heavy atom. The third-order valence-electron chi connectivity index (χ3n) is 3.97. The van der Waals surface area contributed by atoms with Crippen LogP contribution in [0.4, 0.5) is 4.39 Å². The minimum absolute atomic E-state index is 0.248. The van der Waals surface area contributed by atoms with Crippen LogP contribution in [0.15, 0.2) is 41.5 Å². The van der Waals surface area contributed by atoms with E-state index in [0.717, 1.165) is 24.6 Å². The zero-order valence-corrected chi connectivity index (χ0v) is 15.4. The van der Waals surface area contributed by atoms with Gasteiger partial charge in [-0.3, -0.25) is 0 Å². The van der Waals surface area contributed by atoms with E-state index in [0.29, 0.717) is 12.1 Å². The molecule has 6 heteroatoms. The van der Waals surface area contributed by atoms with Crippen LogP contribution in [0.3, 0.4) is 0 Å². The first-order chi connectivity index (χ1) is 12.0. The van der Waals surface area contributed by atoms with Crippen molar-refractivity contribution in [1.82, 2.24) is 14.8 Å². The Kier molecular flexibility index (Phi) is 7.01. The second-order valence-electron chi connectivity index (χ2n) is 6.00. The van der Waals surface area contributed by atoms with Crippen LogP contribution in [-0.2, 0) is 31.5 Å². The summed E-state index contributed by atoms with van der Waals surface area (Å²) in [7, 11) is 5.60. The molecule has 1 aromatic carbocycles. The number of aliphatic imine (C=N–C) groups is 1. The Balaban J connectivity index is 2.11. The number of hydrogen-bond acceptors (Lipinski definition) is 2. The fourth-order valence-corrected chi connectivity index (χ4v) is 2.61. The van der Waals surface area contributed by atoms with Gasteiger partial charge in [0.1, 0.15) is 5.82 Å². The Hall–Kier alpha value is -2.34. The predicted molar refractivity (Wildman–Crippen MR) is 98.8 cm³/mol. The van der Waals surface area contributed by atoms with Crippen molar-refractivity contribution in [2.45, 2.75) is 26.6 Å². The molecule has 0 unspecified atom stereocenters. The average Bonchev–Trinajstić information content (AvgIpc) is 2.99. The van der Waals surface area contributed by atoms with Gasteiger partial charge in [0.05, 0.1) is 19.7 Å². The van der Waals surface area contributed by atoms with Gasteiger partial charge in [-0.2, -0.15) is 0 Å². The first-order valence-corrected chi connectivity index (χ1v) is 8.41. The van der Waals surface area contributed by atoms with Crippen molar-refractivity contribution in [2.75, 3.05) is 20.7 Å². The van der Waals surface area contributed by atoms with Crippen molar-refractivity contribution < 1.29 is 9.13 Å². The second kappa shape index (κ2) is 9.22. The van der Waals surface area contributed by atoms with Crippen molar-refractivity contribution in [3.8, 4) is 0 Å². The van der Waals surface area contributed by atoms with Crippen molar-refractivity contribution in [2.24, 2.45) is 12.0 Å². The molecule has 1 heterocycles. The first kappa shape index (κ1) is 19.0. The van der Waals surface area contributed by atoms with Crippen molar-refractivity contribution >= 4 is 5.96 Å². The summed E-state index contributed by atoms with van der Waals surface area (Å²) < 4.78 is 20.8. The highest BCUT2D eigenvalue weighted by Crippen LogP contribution is 2.13. The molecule has 0 saturated heterocycles. The molecule has 1 aromatic heterocycles. The molecule has 0 aliphatic rings. The Morgan fingerprint density at radius 3 is 2.80 bits per heavy atom. The van der Waals surface area contributed by atoms with Gasteiger partial charge in [-0.25, -0.2) is 9.38 Å². The minimum atomic E-state index is -0.248. The number of rotatable bonds is 7. The zero-order chi connectivity index (χ0) is 18.2. The molecular weight excluding hydrogens is 319 g/mol. The van der Waals surface area contributed by atoms with E-state index in [1.807, 2.05) is 39.3 Å². The maximum absolute atomic E-state index is 13.7. The molecule has 2 rings (SSSR count). The molecular formula is C19H27FN4O. The van der Waals surface area contributed by atoms with Gasteiger partial charge in [0, 0.05) is 45.2 Å². The molecule has 1 N–H and O–H groups in total.